The number of nitrogens with zero attached hydrogens (tertiary/aromatic N) is 2. The molecule has 0 saturated heterocycles. The van der Waals surface area contributed by atoms with E-state index in [1.54, 1.807) is 43.3 Å². The van der Waals surface area contributed by atoms with Gasteiger partial charge in [0.2, 0.25) is 0 Å². The monoisotopic (exact) mass is 474 g/mol. The molecule has 0 bridgehead atoms. The molecule has 0 unspecified atom stereocenters. The van der Waals surface area contributed by atoms with Gasteiger partial charge in [0.15, 0.2) is 0 Å². The molecule has 2 heterocycles. The van der Waals surface area contributed by atoms with Crippen molar-refractivity contribution in [3.63, 3.8) is 0 Å². The van der Waals surface area contributed by atoms with Crippen molar-refractivity contribution >= 4 is 64.2 Å². The molecule has 1 aliphatic rings. The van der Waals surface area contributed by atoms with Crippen molar-refractivity contribution in [3.8, 4) is 11.3 Å². The number of hydrogen-bond acceptors (Lipinski definition) is 4. The molecule has 2 aromatic carbocycles. The van der Waals surface area contributed by atoms with Crippen LogP contribution in [-0.2, 0) is 4.79 Å². The predicted molar refractivity (Wildman–Crippen MR) is 121 cm³/mol. The van der Waals surface area contributed by atoms with Crippen LogP contribution in [0, 0.1) is 0 Å². The van der Waals surface area contributed by atoms with E-state index in [0.717, 1.165) is 5.01 Å². The molecule has 0 saturated carbocycles. The zero-order valence-corrected chi connectivity index (χ0v) is 18.2. The first-order valence-corrected chi connectivity index (χ1v) is 10.1. The molecule has 1 aromatic heterocycles. The van der Waals surface area contributed by atoms with Gasteiger partial charge in [-0.2, -0.15) is 10.1 Å². The second-order valence-electron chi connectivity index (χ2n) is 6.66. The molecule has 3 aromatic rings. The molecule has 156 valence electrons. The molecule has 1 aliphatic heterocycles. The summed E-state index contributed by atoms with van der Waals surface area (Å²) in [4.78, 5) is 24.3. The number of halogens is 3. The van der Waals surface area contributed by atoms with Gasteiger partial charge in [0, 0.05) is 10.6 Å². The van der Waals surface area contributed by atoms with Crippen LogP contribution in [0.3, 0.4) is 0 Å². The number of carboxylic acids is 1. The standard InChI is InChI=1S/C22H13Cl3N2O4/c1-11-16(10-14-4-7-20(31-14)15-5-2-12(23)8-19(15)25)21(28)27(26-11)13-3-6-18(24)17(9-13)22(29)30/h2-10H,1H3,(H,29,30)/b16-10-. The second kappa shape index (κ2) is 8.23. The average molecular weight is 476 g/mol. The first-order chi connectivity index (χ1) is 14.7. The number of amides is 1. The molecular weight excluding hydrogens is 463 g/mol. The number of benzene rings is 2. The van der Waals surface area contributed by atoms with Gasteiger partial charge in [-0.25, -0.2) is 4.79 Å². The number of carbonyl (C=O) groups excluding carboxylic acids is 1. The molecule has 6 nitrogen and oxygen atoms in total. The summed E-state index contributed by atoms with van der Waals surface area (Å²) in [6.45, 7) is 1.68. The van der Waals surface area contributed by atoms with Gasteiger partial charge in [0.25, 0.3) is 5.91 Å². The summed E-state index contributed by atoms with van der Waals surface area (Å²) >= 11 is 18.1. The van der Waals surface area contributed by atoms with Crippen molar-refractivity contribution < 1.29 is 19.1 Å². The maximum atomic E-state index is 12.9. The molecule has 0 spiro atoms. The fourth-order valence-electron chi connectivity index (χ4n) is 3.07. The number of anilines is 1. The molecule has 0 atom stereocenters. The van der Waals surface area contributed by atoms with E-state index < -0.39 is 11.9 Å². The van der Waals surface area contributed by atoms with Crippen LogP contribution in [0.5, 0.6) is 0 Å². The first kappa shape index (κ1) is 21.2. The van der Waals surface area contributed by atoms with Gasteiger partial charge >= 0.3 is 5.97 Å². The Hall–Kier alpha value is -3.06. The van der Waals surface area contributed by atoms with Crippen molar-refractivity contribution in [2.75, 3.05) is 5.01 Å². The number of hydrazone groups is 1. The van der Waals surface area contributed by atoms with Crippen LogP contribution in [0.1, 0.15) is 23.0 Å². The zero-order chi connectivity index (χ0) is 22.3. The number of aromatic carboxylic acids is 1. The summed E-state index contributed by atoms with van der Waals surface area (Å²) in [5.41, 5.74) is 1.62. The molecule has 0 aliphatic carbocycles. The summed E-state index contributed by atoms with van der Waals surface area (Å²) in [6, 6.07) is 12.8. The minimum Gasteiger partial charge on any atom is -0.478 e. The lowest BCUT2D eigenvalue weighted by Crippen LogP contribution is -2.21. The summed E-state index contributed by atoms with van der Waals surface area (Å²) in [7, 11) is 0. The maximum absolute atomic E-state index is 12.9. The van der Waals surface area contributed by atoms with E-state index in [0.29, 0.717) is 44.1 Å². The first-order valence-electron chi connectivity index (χ1n) is 8.94. The number of rotatable bonds is 4. The maximum Gasteiger partial charge on any atom is 0.337 e. The van der Waals surface area contributed by atoms with Crippen LogP contribution in [0.15, 0.2) is 63.6 Å². The molecule has 1 amide bonds. The van der Waals surface area contributed by atoms with Gasteiger partial charge in [-0.3, -0.25) is 4.79 Å². The minimum atomic E-state index is -1.20. The van der Waals surface area contributed by atoms with E-state index in [-0.39, 0.29) is 10.6 Å². The van der Waals surface area contributed by atoms with Gasteiger partial charge in [0.05, 0.1) is 32.6 Å². The Morgan fingerprint density at radius 2 is 1.84 bits per heavy atom. The largest absolute Gasteiger partial charge is 0.478 e. The van der Waals surface area contributed by atoms with Crippen LogP contribution >= 0.6 is 34.8 Å². The highest BCUT2D eigenvalue weighted by Crippen LogP contribution is 2.33. The summed E-state index contributed by atoms with van der Waals surface area (Å²) in [5.74, 6) is -0.658. The second-order valence-corrected chi connectivity index (χ2v) is 7.91. The third-order valence-corrected chi connectivity index (χ3v) is 5.47. The fourth-order valence-corrected chi connectivity index (χ4v) is 3.77. The van der Waals surface area contributed by atoms with Crippen LogP contribution in [0.2, 0.25) is 15.1 Å². The zero-order valence-electron chi connectivity index (χ0n) is 15.9. The average Bonchev–Trinajstić information content (AvgIpc) is 3.28. The van der Waals surface area contributed by atoms with Gasteiger partial charge in [-0.05, 0) is 61.5 Å². The summed E-state index contributed by atoms with van der Waals surface area (Å²) in [5, 5.41) is 15.7. The molecule has 9 heteroatoms. The molecule has 0 radical (unpaired) electrons. The molecular formula is C22H13Cl3N2O4. The molecule has 4 rings (SSSR count). The number of carboxylic acid groups (broad SMARTS) is 1. The number of furan rings is 1. The Balaban J connectivity index is 1.64. The van der Waals surface area contributed by atoms with Crippen LogP contribution in [0.25, 0.3) is 17.4 Å². The van der Waals surface area contributed by atoms with Crippen LogP contribution in [-0.4, -0.2) is 22.7 Å². The van der Waals surface area contributed by atoms with Crippen molar-refractivity contribution in [1.82, 2.24) is 0 Å². The van der Waals surface area contributed by atoms with E-state index in [1.165, 1.54) is 18.2 Å². The number of carbonyl (C=O) groups is 2. The SMILES string of the molecule is CC1=NN(c2ccc(Cl)c(C(=O)O)c2)C(=O)/C1=C\c1ccc(-c2ccc(Cl)cc2Cl)o1. The molecule has 31 heavy (non-hydrogen) atoms. The molecule has 1 N–H and O–H groups in total. The Morgan fingerprint density at radius 1 is 1.06 bits per heavy atom. The lowest BCUT2D eigenvalue weighted by atomic mass is 10.1. The highest BCUT2D eigenvalue weighted by molar-refractivity contribution is 6.36. The van der Waals surface area contributed by atoms with Crippen LogP contribution < -0.4 is 5.01 Å². The smallest absolute Gasteiger partial charge is 0.337 e. The van der Waals surface area contributed by atoms with Gasteiger partial charge < -0.3 is 9.52 Å². The lowest BCUT2D eigenvalue weighted by molar-refractivity contribution is -0.114. The van der Waals surface area contributed by atoms with Gasteiger partial charge in [-0.1, -0.05) is 34.8 Å². The van der Waals surface area contributed by atoms with Crippen molar-refractivity contribution in [3.05, 3.63) is 80.5 Å². The van der Waals surface area contributed by atoms with E-state index in [9.17, 15) is 14.7 Å². The summed E-state index contributed by atoms with van der Waals surface area (Å²) < 4.78 is 5.83. The normalized spacial score (nSPS) is 15.0. The van der Waals surface area contributed by atoms with E-state index in [2.05, 4.69) is 5.10 Å². The molecule has 0 fully saturated rings. The Labute approximate surface area is 191 Å². The third kappa shape index (κ3) is 4.10. The van der Waals surface area contributed by atoms with Crippen molar-refractivity contribution in [2.45, 2.75) is 6.92 Å². The quantitative estimate of drug-likeness (QED) is 0.442. The predicted octanol–water partition coefficient (Wildman–Crippen LogP) is 6.41. The van der Waals surface area contributed by atoms with E-state index >= 15 is 0 Å². The topological polar surface area (TPSA) is 83.1 Å². The number of hydrogen-bond donors (Lipinski definition) is 1. The highest BCUT2D eigenvalue weighted by Gasteiger charge is 2.30. The van der Waals surface area contributed by atoms with Crippen molar-refractivity contribution in [2.24, 2.45) is 5.10 Å². The third-order valence-electron chi connectivity index (χ3n) is 4.60. The lowest BCUT2D eigenvalue weighted by Gasteiger charge is -2.12. The Morgan fingerprint density at radius 3 is 2.55 bits per heavy atom. The van der Waals surface area contributed by atoms with Gasteiger partial charge in [0.1, 0.15) is 11.5 Å². The van der Waals surface area contributed by atoms with Crippen LogP contribution in [0.4, 0.5) is 5.69 Å². The van der Waals surface area contributed by atoms with E-state index in [1.807, 2.05) is 0 Å². The Kier molecular flexibility index (Phi) is 5.62. The van der Waals surface area contributed by atoms with E-state index in [4.69, 9.17) is 39.2 Å². The Bertz CT molecular complexity index is 1290. The summed E-state index contributed by atoms with van der Waals surface area (Å²) in [6.07, 6.45) is 1.57. The van der Waals surface area contributed by atoms with Gasteiger partial charge in [-0.15, -0.1) is 0 Å². The highest BCUT2D eigenvalue weighted by atomic mass is 35.5. The van der Waals surface area contributed by atoms with Crippen molar-refractivity contribution in [1.29, 1.82) is 0 Å². The minimum absolute atomic E-state index is 0.0725. The fraction of sp³-hybridized carbons (Fsp3) is 0.0455.